The molecule has 114 heavy (non-hydrogen) atoms. The summed E-state index contributed by atoms with van der Waals surface area (Å²) in [6, 6.07) is 118. The molecule has 5 aliphatic rings. The van der Waals surface area contributed by atoms with Crippen LogP contribution < -0.4 is 14.9 Å². The van der Waals surface area contributed by atoms with E-state index in [1.807, 2.05) is 158 Å². The Balaban J connectivity index is 0.000000122. The average Bonchev–Trinajstić information content (AvgIpc) is 1.51. The summed E-state index contributed by atoms with van der Waals surface area (Å²) >= 11 is 6.15. The first kappa shape index (κ1) is 70.3. The highest BCUT2D eigenvalue weighted by Crippen LogP contribution is 2.64. The molecular weight excluding hydrogens is 1420 g/mol. The number of nitriles is 1. The van der Waals surface area contributed by atoms with E-state index in [0.717, 1.165) is 101 Å². The molecule has 3 aliphatic heterocycles. The Morgan fingerprint density at radius 1 is 0.316 bits per heavy atom. The van der Waals surface area contributed by atoms with Crippen LogP contribution in [0.25, 0.3) is 106 Å². The highest BCUT2D eigenvalue weighted by atomic mass is 35.5. The van der Waals surface area contributed by atoms with Gasteiger partial charge in [0.25, 0.3) is 0 Å². The molecule has 16 aromatic rings. The third kappa shape index (κ3) is 12.0. The zero-order chi connectivity index (χ0) is 77.3. The highest BCUT2D eigenvalue weighted by Gasteiger charge is 2.55. The SMILES string of the molecule is CC1(C)OB(c2ccc3c(c2)C2(c4ccccc4Oc4ccccc42)c2ccccc2-3)OC1(C)C.N#Cc1ccc(-c2cccc(-c3nc(Cl)nc(-c4ccccc4)n3)c2)cc1.[C-]#[N+]c1ccc(-c2cccc(-c3nc(-c4ccccc4)nc(-c4ccc5c(c4)C4(c6ccccc6Oc6ccccc64)c4ccccc4-5)n3)c2)cc1. The van der Waals surface area contributed by atoms with Crippen molar-refractivity contribution in [2.45, 2.75) is 49.7 Å². The van der Waals surface area contributed by atoms with Gasteiger partial charge < -0.3 is 18.8 Å². The molecule has 0 bridgehead atoms. The van der Waals surface area contributed by atoms with Crippen LogP contribution in [0.3, 0.4) is 0 Å². The normalized spacial score (nSPS) is 14.3. The second-order valence-electron chi connectivity index (χ2n) is 29.7. The first-order valence-corrected chi connectivity index (χ1v) is 38.2. The Bertz CT molecular complexity index is 6470. The van der Waals surface area contributed by atoms with Gasteiger partial charge in [0.2, 0.25) is 5.28 Å². The Morgan fingerprint density at radius 3 is 1.10 bits per heavy atom. The number of halogens is 1. The van der Waals surface area contributed by atoms with E-state index in [9.17, 15) is 0 Å². The largest absolute Gasteiger partial charge is 0.494 e. The van der Waals surface area contributed by atoms with Crippen LogP contribution in [0, 0.1) is 17.9 Å². The maximum Gasteiger partial charge on any atom is 0.494 e. The lowest BCUT2D eigenvalue weighted by atomic mass is 9.65. The second-order valence-corrected chi connectivity index (χ2v) is 30.1. The second kappa shape index (κ2) is 28.4. The maximum absolute atomic E-state index is 8.95. The van der Waals surface area contributed by atoms with Crippen molar-refractivity contribution in [2.24, 2.45) is 0 Å². The molecule has 2 aromatic heterocycles. The third-order valence-electron chi connectivity index (χ3n) is 22.7. The Kier molecular flexibility index (Phi) is 17.5. The van der Waals surface area contributed by atoms with E-state index < -0.39 is 29.2 Å². The van der Waals surface area contributed by atoms with Crippen molar-refractivity contribution in [1.82, 2.24) is 29.9 Å². The van der Waals surface area contributed by atoms with Gasteiger partial charge in [0.1, 0.15) is 23.0 Å². The Labute approximate surface area is 666 Å². The van der Waals surface area contributed by atoms with Crippen LogP contribution in [0.2, 0.25) is 5.28 Å². The maximum atomic E-state index is 8.95. The van der Waals surface area contributed by atoms with Gasteiger partial charge in [0.15, 0.2) is 34.8 Å². The molecule has 0 unspecified atom stereocenters. The summed E-state index contributed by atoms with van der Waals surface area (Å²) in [4.78, 5) is 32.0. The third-order valence-corrected chi connectivity index (χ3v) is 22.9. The molecule has 2 aliphatic carbocycles. The molecule has 0 amide bonds. The molecule has 14 aromatic carbocycles. The molecule has 21 rings (SSSR count). The van der Waals surface area contributed by atoms with Crippen LogP contribution >= 0.6 is 11.6 Å². The van der Waals surface area contributed by atoms with Crippen molar-refractivity contribution in [1.29, 1.82) is 5.26 Å². The minimum absolute atomic E-state index is 0.155. The topological polar surface area (TPSA) is 142 Å². The lowest BCUT2D eigenvalue weighted by Gasteiger charge is -2.39. The van der Waals surface area contributed by atoms with Crippen LogP contribution in [0.1, 0.15) is 77.8 Å². The van der Waals surface area contributed by atoms with Gasteiger partial charge in [-0.15, -0.1) is 0 Å². The van der Waals surface area contributed by atoms with Gasteiger partial charge >= 0.3 is 7.12 Å². The molecule has 0 radical (unpaired) electrons. The quantitative estimate of drug-likeness (QED) is 0.106. The number of nitrogens with zero attached hydrogens (tertiary/aromatic N) is 8. The molecule has 0 saturated carbocycles. The van der Waals surface area contributed by atoms with Gasteiger partial charge in [0, 0.05) is 50.1 Å². The summed E-state index contributed by atoms with van der Waals surface area (Å²) in [5.74, 6) is 6.34. The summed E-state index contributed by atoms with van der Waals surface area (Å²) < 4.78 is 25.9. The van der Waals surface area contributed by atoms with Gasteiger partial charge in [-0.2, -0.15) is 15.2 Å². The van der Waals surface area contributed by atoms with E-state index in [4.69, 9.17) is 57.2 Å². The van der Waals surface area contributed by atoms with E-state index >= 15 is 0 Å². The van der Waals surface area contributed by atoms with E-state index in [-0.39, 0.29) is 5.28 Å². The molecule has 2 spiro atoms. The molecule has 0 atom stereocenters. The van der Waals surface area contributed by atoms with Crippen molar-refractivity contribution in [2.75, 3.05) is 0 Å². The lowest BCUT2D eigenvalue weighted by molar-refractivity contribution is 0.00578. The zero-order valence-electron chi connectivity index (χ0n) is 62.5. The minimum Gasteiger partial charge on any atom is -0.457 e. The minimum atomic E-state index is -0.595. The molecule has 5 heterocycles. The molecule has 1 fully saturated rings. The summed E-state index contributed by atoms with van der Waals surface area (Å²) in [5.41, 5.74) is 23.3. The fraction of sp³-hybridized carbons (Fsp3) is 0.0800. The van der Waals surface area contributed by atoms with Gasteiger partial charge in [-0.25, -0.2) is 24.8 Å². The van der Waals surface area contributed by atoms with E-state index in [1.165, 1.54) is 44.5 Å². The van der Waals surface area contributed by atoms with Gasteiger partial charge in [-0.05, 0) is 166 Å². The summed E-state index contributed by atoms with van der Waals surface area (Å²) in [6.45, 7) is 15.7. The number of para-hydroxylation sites is 4. The van der Waals surface area contributed by atoms with Crippen molar-refractivity contribution in [3.8, 4) is 131 Å². The molecule has 1 saturated heterocycles. The molecule has 14 heteroatoms. The van der Waals surface area contributed by atoms with Crippen LogP contribution in [0.4, 0.5) is 5.69 Å². The zero-order valence-corrected chi connectivity index (χ0v) is 63.3. The fourth-order valence-corrected chi connectivity index (χ4v) is 16.8. The smallest absolute Gasteiger partial charge is 0.457 e. The summed E-state index contributed by atoms with van der Waals surface area (Å²) in [6.07, 6.45) is 0. The standard InChI is InChI=1S/C47H28N4O.C31H27BO3.C22H13ClN4/c1-48-35-25-22-30(23-26-35)32-14-11-15-33(28-32)45-49-44(31-12-3-2-4-13-31)50-46(51-45)34-24-27-37-36-16-5-6-17-38(36)47(41(37)29-34)39-18-7-9-20-42(39)52-43-21-10-8-19-40(43)47;1-29(2)30(3,4)35-32(34-29)20-17-18-22-21-11-5-6-12-23(21)31(26(22)19-20)24-13-7-9-15-27(24)33-28-16-10-8-14-25(28)31;23-22-26-20(17-5-2-1-3-6-17)25-21(27-22)19-8-4-7-18(13-19)16-11-9-15(14-24)10-12-16/h2-29H;5-19H,1-4H3;1-13H. The number of hydrogen-bond acceptors (Lipinski definition) is 11. The van der Waals surface area contributed by atoms with E-state index in [0.29, 0.717) is 40.4 Å². The van der Waals surface area contributed by atoms with Crippen LogP contribution in [0.15, 0.2) is 340 Å². The highest BCUT2D eigenvalue weighted by molar-refractivity contribution is 6.62. The number of fused-ring (bicyclic) bond motifs is 18. The van der Waals surface area contributed by atoms with Crippen molar-refractivity contribution < 1.29 is 18.8 Å². The van der Waals surface area contributed by atoms with Crippen LogP contribution in [-0.4, -0.2) is 48.2 Å². The summed E-state index contributed by atoms with van der Waals surface area (Å²) in [7, 11) is -0.420. The fourth-order valence-electron chi connectivity index (χ4n) is 16.7. The number of hydrogen-bond donors (Lipinski definition) is 0. The van der Waals surface area contributed by atoms with E-state index in [2.05, 4.69) is 223 Å². The van der Waals surface area contributed by atoms with Crippen molar-refractivity contribution >= 4 is 29.9 Å². The van der Waals surface area contributed by atoms with Gasteiger partial charge in [-0.3, -0.25) is 0 Å². The van der Waals surface area contributed by atoms with E-state index in [1.54, 1.807) is 12.1 Å². The first-order chi connectivity index (χ1) is 55.8. The Morgan fingerprint density at radius 2 is 0.649 bits per heavy atom. The average molecular weight is 1490 g/mol. The summed E-state index contributed by atoms with van der Waals surface area (Å²) in [5, 5.41) is 9.11. The first-order valence-electron chi connectivity index (χ1n) is 37.8. The molecular formula is C100H68BClN8O4. The number of benzene rings is 14. The number of ether oxygens (including phenoxy) is 2. The van der Waals surface area contributed by atoms with Gasteiger partial charge in [-0.1, -0.05) is 285 Å². The van der Waals surface area contributed by atoms with Crippen LogP contribution in [-0.2, 0) is 20.1 Å². The van der Waals surface area contributed by atoms with Gasteiger partial charge in [0.05, 0.1) is 40.2 Å². The predicted molar refractivity (Wildman–Crippen MR) is 451 cm³/mol. The van der Waals surface area contributed by atoms with Crippen LogP contribution in [0.5, 0.6) is 23.0 Å². The number of rotatable bonds is 8. The number of aromatic nitrogens is 6. The molecule has 12 nitrogen and oxygen atoms in total. The molecule has 542 valence electrons. The Hall–Kier alpha value is -14.0. The lowest BCUT2D eigenvalue weighted by Crippen LogP contribution is -2.41. The predicted octanol–water partition coefficient (Wildman–Crippen LogP) is 23.4. The molecule has 0 N–H and O–H groups in total. The van der Waals surface area contributed by atoms with Crippen molar-refractivity contribution in [3.05, 3.63) is 406 Å². The monoisotopic (exact) mass is 1490 g/mol. The van der Waals surface area contributed by atoms with Crippen molar-refractivity contribution in [3.63, 3.8) is 0 Å².